The van der Waals surface area contributed by atoms with Gasteiger partial charge in [0.05, 0.1) is 0 Å². The minimum absolute atomic E-state index is 1.25. The third kappa shape index (κ3) is 8.09. The third-order valence-electron chi connectivity index (χ3n) is 1.06. The third-order valence-corrected chi connectivity index (χ3v) is 1.97. The molecule has 0 rings (SSSR count). The summed E-state index contributed by atoms with van der Waals surface area (Å²) in [6, 6.07) is 0. The Balaban J connectivity index is 2.66. The van der Waals surface area contributed by atoms with E-state index >= 15 is 0 Å². The van der Waals surface area contributed by atoms with Crippen molar-refractivity contribution in [3.63, 3.8) is 0 Å². The summed E-state index contributed by atoms with van der Waals surface area (Å²) in [7, 11) is 0. The predicted molar refractivity (Wildman–Crippen MR) is 46.5 cm³/mol. The fourth-order valence-electron chi connectivity index (χ4n) is 0.571. The molecule has 0 atom stereocenters. The van der Waals surface area contributed by atoms with Gasteiger partial charge in [0.15, 0.2) is 0 Å². The van der Waals surface area contributed by atoms with Crippen molar-refractivity contribution in [2.24, 2.45) is 0 Å². The van der Waals surface area contributed by atoms with Crippen LogP contribution in [-0.2, 0) is 0 Å². The maximum absolute atomic E-state index is 3.60. The van der Waals surface area contributed by atoms with E-state index in [0.717, 1.165) is 0 Å². The molecule has 9 heavy (non-hydrogen) atoms. The maximum Gasteiger partial charge on any atom is 0.0378 e. The van der Waals surface area contributed by atoms with Gasteiger partial charge < -0.3 is 0 Å². The highest BCUT2D eigenvalue weighted by Crippen LogP contribution is 2.08. The zero-order valence-electron chi connectivity index (χ0n) is 6.10. The summed E-state index contributed by atoms with van der Waals surface area (Å²) in [5, 5.41) is 0. The Morgan fingerprint density at radius 3 is 3.00 bits per heavy atom. The molecule has 0 N–H and O–H groups in total. The van der Waals surface area contributed by atoms with Crippen LogP contribution in [0.4, 0.5) is 0 Å². The Morgan fingerprint density at radius 1 is 1.67 bits per heavy atom. The van der Waals surface area contributed by atoms with Crippen molar-refractivity contribution in [3.05, 3.63) is 18.4 Å². The first kappa shape index (κ1) is 9.09. The van der Waals surface area contributed by atoms with Crippen molar-refractivity contribution in [1.29, 1.82) is 0 Å². The van der Waals surface area contributed by atoms with Crippen LogP contribution in [0.1, 0.15) is 26.2 Å². The molecular formula is C8H15S. The van der Waals surface area contributed by atoms with Gasteiger partial charge in [0, 0.05) is 5.75 Å². The summed E-state index contributed by atoms with van der Waals surface area (Å²) in [6.45, 7) is 5.83. The standard InChI is InChI=1S/C8H15S/c1-3-5-6-8-9-7-4-2/h4,7H,2-3,5-6,8H2,1H3/i8+2. The highest BCUT2D eigenvalue weighted by molar-refractivity contribution is 8.01. The van der Waals surface area contributed by atoms with Gasteiger partial charge in [-0.1, -0.05) is 25.8 Å². The molecule has 0 unspecified atom stereocenters. The molecule has 1 radical (unpaired) electrons. The summed E-state index contributed by atoms with van der Waals surface area (Å²) in [5.74, 6) is 3.30. The minimum Gasteiger partial charge on any atom is -0.153 e. The molecule has 0 aromatic rings. The highest BCUT2D eigenvalue weighted by atomic mass is 32.2. The molecule has 0 aromatic carbocycles. The summed E-state index contributed by atoms with van der Waals surface area (Å²) in [4.78, 5) is 0. The Bertz CT molecular complexity index is 59.6. The maximum atomic E-state index is 3.60. The van der Waals surface area contributed by atoms with Crippen LogP contribution >= 0.6 is 11.8 Å². The van der Waals surface area contributed by atoms with Gasteiger partial charge in [-0.3, -0.25) is 0 Å². The van der Waals surface area contributed by atoms with Crippen LogP contribution in [0.5, 0.6) is 0 Å². The highest BCUT2D eigenvalue weighted by Gasteiger charge is 1.84. The molecule has 0 fully saturated rings. The Morgan fingerprint density at radius 2 is 2.44 bits per heavy atom. The van der Waals surface area contributed by atoms with E-state index in [1.54, 1.807) is 0 Å². The molecule has 0 spiro atoms. The smallest absolute Gasteiger partial charge is 0.0378 e. The number of hydrogen-bond acceptors (Lipinski definition) is 1. The van der Waals surface area contributed by atoms with Crippen LogP contribution in [0.2, 0.25) is 0 Å². The van der Waals surface area contributed by atoms with Crippen LogP contribution < -0.4 is 0 Å². The molecule has 0 amide bonds. The lowest BCUT2D eigenvalue weighted by Gasteiger charge is -1.94. The van der Waals surface area contributed by atoms with E-state index in [2.05, 4.69) is 19.3 Å². The second-order valence-corrected chi connectivity index (χ2v) is 2.96. The average Bonchev–Trinajstić information content (AvgIpc) is 1.89. The van der Waals surface area contributed by atoms with E-state index < -0.39 is 0 Å². The van der Waals surface area contributed by atoms with Crippen molar-refractivity contribution >= 4 is 11.8 Å². The zero-order chi connectivity index (χ0) is 6.95. The van der Waals surface area contributed by atoms with Gasteiger partial charge in [0.2, 0.25) is 0 Å². The molecule has 0 nitrogen and oxygen atoms in total. The largest absolute Gasteiger partial charge is 0.153 e. The monoisotopic (exact) mass is 145 g/mol. The van der Waals surface area contributed by atoms with Crippen LogP contribution in [0.15, 0.2) is 12.7 Å². The van der Waals surface area contributed by atoms with E-state index in [0.29, 0.717) is 0 Å². The SMILES string of the molecule is C=C[CH]S[14CH2]CCCC. The number of unbranched alkanes of at least 4 members (excludes halogenated alkanes) is 2. The summed E-state index contributed by atoms with van der Waals surface area (Å²) in [5.41, 5.74) is 0. The summed E-state index contributed by atoms with van der Waals surface area (Å²) in [6.07, 6.45) is 5.86. The normalized spacial score (nSPS) is 9.44. The molecule has 0 saturated carbocycles. The van der Waals surface area contributed by atoms with E-state index in [-0.39, 0.29) is 0 Å². The molecule has 53 valence electrons. The first-order valence-electron chi connectivity index (χ1n) is 3.47. The van der Waals surface area contributed by atoms with Gasteiger partial charge in [-0.05, 0) is 12.2 Å². The number of thioether (sulfide) groups is 1. The number of hydrogen-bond donors (Lipinski definition) is 0. The molecule has 0 aliphatic carbocycles. The molecule has 0 aliphatic heterocycles. The lowest BCUT2D eigenvalue weighted by Crippen LogP contribution is -1.76. The molecule has 0 aliphatic rings. The van der Waals surface area contributed by atoms with Gasteiger partial charge in [0.1, 0.15) is 0 Å². The van der Waals surface area contributed by atoms with Crippen molar-refractivity contribution < 1.29 is 0 Å². The van der Waals surface area contributed by atoms with Crippen molar-refractivity contribution in [1.82, 2.24) is 0 Å². The zero-order valence-corrected chi connectivity index (χ0v) is 6.91. The first-order chi connectivity index (χ1) is 4.41. The van der Waals surface area contributed by atoms with E-state index in [4.69, 9.17) is 0 Å². The Hall–Kier alpha value is 0.0900. The van der Waals surface area contributed by atoms with Gasteiger partial charge >= 0.3 is 0 Å². The van der Waals surface area contributed by atoms with E-state index in [1.165, 1.54) is 25.0 Å². The molecule has 0 heterocycles. The van der Waals surface area contributed by atoms with Gasteiger partial charge in [-0.25, -0.2) is 0 Å². The Kier molecular flexibility index (Phi) is 8.17. The lowest BCUT2D eigenvalue weighted by atomic mass is 10.3. The van der Waals surface area contributed by atoms with Crippen LogP contribution in [0, 0.1) is 5.75 Å². The van der Waals surface area contributed by atoms with Crippen LogP contribution in [0.3, 0.4) is 0 Å². The first-order valence-corrected chi connectivity index (χ1v) is 4.52. The molecule has 0 saturated heterocycles. The molecule has 0 aromatic heterocycles. The van der Waals surface area contributed by atoms with Crippen molar-refractivity contribution in [3.8, 4) is 0 Å². The Labute approximate surface area is 62.7 Å². The summed E-state index contributed by atoms with van der Waals surface area (Å²) < 4.78 is 0. The van der Waals surface area contributed by atoms with Crippen LogP contribution in [-0.4, -0.2) is 5.75 Å². The van der Waals surface area contributed by atoms with E-state index in [1.807, 2.05) is 17.8 Å². The molecule has 0 bridgehead atoms. The topological polar surface area (TPSA) is 0 Å². The minimum atomic E-state index is 1.25. The second-order valence-electron chi connectivity index (χ2n) is 1.95. The van der Waals surface area contributed by atoms with Gasteiger partial charge in [-0.15, -0.1) is 6.58 Å². The fourth-order valence-corrected chi connectivity index (χ4v) is 1.21. The fraction of sp³-hybridized carbons (Fsp3) is 0.625. The quantitative estimate of drug-likeness (QED) is 0.517. The predicted octanol–water partition coefficient (Wildman–Crippen LogP) is 3.26. The van der Waals surface area contributed by atoms with Crippen molar-refractivity contribution in [2.75, 3.05) is 5.75 Å². The molecular weight excluding hydrogens is 130 g/mol. The summed E-state index contributed by atoms with van der Waals surface area (Å²) >= 11 is 1.85. The van der Waals surface area contributed by atoms with Crippen molar-refractivity contribution in [2.45, 2.75) is 26.2 Å². The van der Waals surface area contributed by atoms with E-state index in [9.17, 15) is 0 Å². The second kappa shape index (κ2) is 8.09. The van der Waals surface area contributed by atoms with Gasteiger partial charge in [-0.2, -0.15) is 11.8 Å². The van der Waals surface area contributed by atoms with Gasteiger partial charge in [0.25, 0.3) is 0 Å². The average molecular weight is 145 g/mol. The molecule has 1 heteroatoms. The lowest BCUT2D eigenvalue weighted by molar-refractivity contribution is 0.779. The number of rotatable bonds is 6. The van der Waals surface area contributed by atoms with Crippen LogP contribution in [0.25, 0.3) is 0 Å².